The quantitative estimate of drug-likeness (QED) is 0.658. The molecule has 1 aromatic heterocycles. The smallest absolute Gasteiger partial charge is 0.413 e. The fraction of sp³-hybridized carbons (Fsp3) is 0.550. The number of aromatic nitrogens is 1. The molecule has 1 saturated heterocycles. The number of halogens is 1. The number of hydrogen-bond acceptors (Lipinski definition) is 6. The second-order valence-electron chi connectivity index (χ2n) is 7.59. The average molecular weight is 439 g/mol. The summed E-state index contributed by atoms with van der Waals surface area (Å²) in [6.07, 6.45) is 6.94. The minimum atomic E-state index is -0.548. The van der Waals surface area contributed by atoms with Crippen LogP contribution in [0.3, 0.4) is 0 Å². The van der Waals surface area contributed by atoms with Crippen LogP contribution in [0.2, 0.25) is 0 Å². The normalized spacial score (nSPS) is 22.1. The zero-order chi connectivity index (χ0) is 19.5. The van der Waals surface area contributed by atoms with Crippen LogP contribution < -0.4 is 16.0 Å². The summed E-state index contributed by atoms with van der Waals surface area (Å²) in [6, 6.07) is 5.49. The van der Waals surface area contributed by atoms with Crippen LogP contribution in [-0.2, 0) is 9.53 Å². The number of benzene rings is 1. The number of carbonyl (C=O) groups excluding carboxylic acids is 2. The summed E-state index contributed by atoms with van der Waals surface area (Å²) in [4.78, 5) is 28.6. The molecule has 29 heavy (non-hydrogen) atoms. The first-order chi connectivity index (χ1) is 13.6. The second kappa shape index (κ2) is 9.73. The molecular formula is C20H27ClN4O3S. The number of methoxy groups -OCH3 is 1. The second-order valence-corrected chi connectivity index (χ2v) is 8.62. The van der Waals surface area contributed by atoms with E-state index >= 15 is 0 Å². The Labute approximate surface area is 180 Å². The number of amides is 2. The van der Waals surface area contributed by atoms with Crippen LogP contribution in [0.15, 0.2) is 18.2 Å². The Hall–Kier alpha value is -1.90. The molecule has 1 saturated carbocycles. The first-order valence-electron chi connectivity index (χ1n) is 9.94. The van der Waals surface area contributed by atoms with Gasteiger partial charge in [0.1, 0.15) is 0 Å². The molecule has 0 spiro atoms. The van der Waals surface area contributed by atoms with Gasteiger partial charge in [0.25, 0.3) is 0 Å². The number of anilines is 2. The molecule has 2 amide bonds. The van der Waals surface area contributed by atoms with Crippen LogP contribution in [0, 0.1) is 11.8 Å². The number of nitrogens with one attached hydrogen (secondary N) is 3. The molecule has 2 aliphatic rings. The maximum absolute atomic E-state index is 12.9. The van der Waals surface area contributed by atoms with Crippen LogP contribution in [0.5, 0.6) is 0 Å². The fourth-order valence-corrected chi connectivity index (χ4v) is 5.39. The van der Waals surface area contributed by atoms with Gasteiger partial charge < -0.3 is 15.4 Å². The van der Waals surface area contributed by atoms with E-state index < -0.39 is 6.09 Å². The number of hydrogen-bond donors (Lipinski definition) is 3. The lowest BCUT2D eigenvalue weighted by atomic mass is 9.76. The molecule has 3 N–H and O–H groups in total. The van der Waals surface area contributed by atoms with E-state index in [1.165, 1.54) is 50.6 Å². The highest BCUT2D eigenvalue weighted by Crippen LogP contribution is 2.36. The number of ether oxygens (including phenoxy) is 1. The van der Waals surface area contributed by atoms with Crippen LogP contribution in [-0.4, -0.2) is 36.7 Å². The molecule has 2 heterocycles. The highest BCUT2D eigenvalue weighted by Gasteiger charge is 2.38. The van der Waals surface area contributed by atoms with Crippen molar-refractivity contribution in [1.29, 1.82) is 0 Å². The number of nitrogens with zero attached hydrogens (tertiary/aromatic N) is 1. The van der Waals surface area contributed by atoms with Gasteiger partial charge in [0.05, 0.1) is 23.4 Å². The molecule has 0 radical (unpaired) electrons. The lowest BCUT2D eigenvalue weighted by Crippen LogP contribution is -2.42. The van der Waals surface area contributed by atoms with Gasteiger partial charge in [-0.1, -0.05) is 43.4 Å². The minimum Gasteiger partial charge on any atom is -0.453 e. The lowest BCUT2D eigenvalue weighted by molar-refractivity contribution is -0.119. The maximum Gasteiger partial charge on any atom is 0.413 e. The molecule has 2 fully saturated rings. The van der Waals surface area contributed by atoms with Crippen LogP contribution in [0.25, 0.3) is 10.2 Å². The van der Waals surface area contributed by atoms with Crippen LogP contribution >= 0.6 is 23.7 Å². The Morgan fingerprint density at radius 3 is 2.72 bits per heavy atom. The van der Waals surface area contributed by atoms with Gasteiger partial charge in [-0.25, -0.2) is 9.78 Å². The third-order valence-electron chi connectivity index (χ3n) is 5.86. The highest BCUT2D eigenvalue weighted by molar-refractivity contribution is 7.22. The van der Waals surface area contributed by atoms with E-state index in [4.69, 9.17) is 0 Å². The van der Waals surface area contributed by atoms with Gasteiger partial charge >= 0.3 is 6.09 Å². The van der Waals surface area contributed by atoms with Crippen molar-refractivity contribution in [3.63, 3.8) is 0 Å². The Morgan fingerprint density at radius 2 is 1.97 bits per heavy atom. The van der Waals surface area contributed by atoms with Gasteiger partial charge in [-0.2, -0.15) is 0 Å². The summed E-state index contributed by atoms with van der Waals surface area (Å²) in [5.74, 6) is 1.14. The van der Waals surface area contributed by atoms with E-state index in [1.54, 1.807) is 0 Å². The molecule has 9 heteroatoms. The van der Waals surface area contributed by atoms with E-state index in [1.807, 2.05) is 18.2 Å². The standard InChI is InChI=1S/C20H26N4O3S.ClH/c1-27-20(26)24-19-23-15-8-7-13(11-16(15)28-19)22-18(25)17-14(9-10-21-17)12-5-3-2-4-6-12;/h7-8,11-12,14,17,21H,2-6,9-10H2,1H3,(H,22,25)(H,23,24,26);1H/t14-,17-;/m0./s1. The van der Waals surface area contributed by atoms with E-state index in [0.717, 1.165) is 28.9 Å². The zero-order valence-corrected chi connectivity index (χ0v) is 18.0. The maximum atomic E-state index is 12.9. The van der Waals surface area contributed by atoms with Gasteiger partial charge in [-0.05, 0) is 43.0 Å². The molecule has 4 rings (SSSR count). The molecular weight excluding hydrogens is 412 g/mol. The Bertz CT molecular complexity index is 869. The monoisotopic (exact) mass is 438 g/mol. The zero-order valence-electron chi connectivity index (χ0n) is 16.4. The van der Waals surface area contributed by atoms with Gasteiger partial charge in [0, 0.05) is 5.69 Å². The van der Waals surface area contributed by atoms with Crippen molar-refractivity contribution >= 4 is 56.8 Å². The van der Waals surface area contributed by atoms with E-state index in [0.29, 0.717) is 17.0 Å². The van der Waals surface area contributed by atoms with E-state index in [2.05, 4.69) is 25.7 Å². The third kappa shape index (κ3) is 4.99. The Kier molecular flexibility index (Phi) is 7.32. The molecule has 0 bridgehead atoms. The summed E-state index contributed by atoms with van der Waals surface area (Å²) in [6.45, 7) is 0.912. The van der Waals surface area contributed by atoms with Gasteiger partial charge in [-0.3, -0.25) is 10.1 Å². The fourth-order valence-electron chi connectivity index (χ4n) is 4.50. The van der Waals surface area contributed by atoms with Crippen molar-refractivity contribution < 1.29 is 14.3 Å². The molecule has 1 aromatic carbocycles. The number of carbonyl (C=O) groups is 2. The van der Waals surface area contributed by atoms with Crippen molar-refractivity contribution in [3.8, 4) is 0 Å². The molecule has 1 aliphatic heterocycles. The predicted molar refractivity (Wildman–Crippen MR) is 118 cm³/mol. The average Bonchev–Trinajstić information content (AvgIpc) is 3.34. The number of fused-ring (bicyclic) bond motifs is 1. The van der Waals surface area contributed by atoms with Crippen molar-refractivity contribution in [3.05, 3.63) is 18.2 Å². The minimum absolute atomic E-state index is 0. The first-order valence-corrected chi connectivity index (χ1v) is 10.8. The van der Waals surface area contributed by atoms with Gasteiger partial charge in [-0.15, -0.1) is 12.4 Å². The van der Waals surface area contributed by atoms with Crippen molar-refractivity contribution in [2.24, 2.45) is 11.8 Å². The van der Waals surface area contributed by atoms with Crippen molar-refractivity contribution in [2.75, 3.05) is 24.3 Å². The van der Waals surface area contributed by atoms with Crippen molar-refractivity contribution in [1.82, 2.24) is 10.3 Å². The topological polar surface area (TPSA) is 92.3 Å². The highest BCUT2D eigenvalue weighted by atomic mass is 35.5. The van der Waals surface area contributed by atoms with Crippen LogP contribution in [0.1, 0.15) is 38.5 Å². The Morgan fingerprint density at radius 1 is 1.17 bits per heavy atom. The van der Waals surface area contributed by atoms with E-state index in [-0.39, 0.29) is 24.4 Å². The molecule has 2 aromatic rings. The number of rotatable bonds is 4. The molecule has 7 nitrogen and oxygen atoms in total. The molecule has 2 atom stereocenters. The van der Waals surface area contributed by atoms with Gasteiger partial charge in [0.2, 0.25) is 5.91 Å². The summed E-state index contributed by atoms with van der Waals surface area (Å²) < 4.78 is 5.49. The van der Waals surface area contributed by atoms with E-state index in [9.17, 15) is 9.59 Å². The number of thiazole rings is 1. The first kappa shape index (κ1) is 21.8. The summed E-state index contributed by atoms with van der Waals surface area (Å²) in [7, 11) is 1.31. The summed E-state index contributed by atoms with van der Waals surface area (Å²) in [5.41, 5.74) is 1.52. The lowest BCUT2D eigenvalue weighted by Gasteiger charge is -2.30. The SMILES string of the molecule is COC(=O)Nc1nc2ccc(NC(=O)[C@H]3NCC[C@H]3C3CCCCC3)cc2s1.Cl. The Balaban J connectivity index is 0.00000240. The molecule has 1 aliphatic carbocycles. The van der Waals surface area contributed by atoms with Crippen LogP contribution in [0.4, 0.5) is 15.6 Å². The van der Waals surface area contributed by atoms with Crippen molar-refractivity contribution in [2.45, 2.75) is 44.6 Å². The largest absolute Gasteiger partial charge is 0.453 e. The van der Waals surface area contributed by atoms with Gasteiger partial charge in [0.15, 0.2) is 5.13 Å². The predicted octanol–water partition coefficient (Wildman–Crippen LogP) is 4.39. The molecule has 158 valence electrons. The summed E-state index contributed by atoms with van der Waals surface area (Å²) >= 11 is 1.35. The summed E-state index contributed by atoms with van der Waals surface area (Å²) in [5, 5.41) is 9.53. The third-order valence-corrected chi connectivity index (χ3v) is 6.79. The molecule has 0 unspecified atom stereocenters.